The summed E-state index contributed by atoms with van der Waals surface area (Å²) in [6.45, 7) is 4.36. The summed E-state index contributed by atoms with van der Waals surface area (Å²) in [5.74, 6) is 1.35. The van der Waals surface area contributed by atoms with Gasteiger partial charge < -0.3 is 19.9 Å². The van der Waals surface area contributed by atoms with Gasteiger partial charge in [0.15, 0.2) is 0 Å². The lowest BCUT2D eigenvalue weighted by Crippen LogP contribution is -2.50. The molecule has 0 radical (unpaired) electrons. The van der Waals surface area contributed by atoms with Crippen LogP contribution in [0.3, 0.4) is 0 Å². The number of anilines is 1. The highest BCUT2D eigenvalue weighted by molar-refractivity contribution is 5.93. The van der Waals surface area contributed by atoms with Crippen molar-refractivity contribution in [2.24, 2.45) is 0 Å². The number of carbonyl (C=O) groups excluding carboxylic acids is 2. The van der Waals surface area contributed by atoms with E-state index in [9.17, 15) is 9.59 Å². The number of hydrogen-bond acceptors (Lipinski definition) is 6. The van der Waals surface area contributed by atoms with Crippen LogP contribution in [-0.4, -0.2) is 71.4 Å². The molecule has 1 aromatic carbocycles. The van der Waals surface area contributed by atoms with Gasteiger partial charge in [0.2, 0.25) is 5.91 Å². The summed E-state index contributed by atoms with van der Waals surface area (Å²) >= 11 is 0. The Morgan fingerprint density at radius 2 is 1.86 bits per heavy atom. The molecule has 1 aliphatic rings. The molecular formula is C20H25N5O3. The molecule has 3 rings (SSSR count). The van der Waals surface area contributed by atoms with Gasteiger partial charge in [0, 0.05) is 45.7 Å². The Hall–Kier alpha value is -3.16. The molecule has 0 spiro atoms. The van der Waals surface area contributed by atoms with E-state index in [0.29, 0.717) is 44.2 Å². The number of amides is 2. The number of carbonyl (C=O) groups is 2. The van der Waals surface area contributed by atoms with E-state index < -0.39 is 0 Å². The van der Waals surface area contributed by atoms with Crippen LogP contribution in [-0.2, 0) is 11.2 Å². The molecule has 0 saturated carbocycles. The fraction of sp³-hybridized carbons (Fsp3) is 0.400. The average molecular weight is 383 g/mol. The second kappa shape index (κ2) is 9.16. The second-order valence-corrected chi connectivity index (χ2v) is 6.62. The molecule has 8 nitrogen and oxygen atoms in total. The Morgan fingerprint density at radius 3 is 2.57 bits per heavy atom. The third kappa shape index (κ3) is 4.97. The van der Waals surface area contributed by atoms with Crippen molar-refractivity contribution in [3.8, 4) is 5.75 Å². The molecule has 148 valence electrons. The van der Waals surface area contributed by atoms with Gasteiger partial charge >= 0.3 is 0 Å². The minimum Gasteiger partial charge on any atom is -0.497 e. The van der Waals surface area contributed by atoms with E-state index in [1.807, 2.05) is 24.3 Å². The van der Waals surface area contributed by atoms with Gasteiger partial charge in [-0.25, -0.2) is 9.97 Å². The van der Waals surface area contributed by atoms with E-state index in [-0.39, 0.29) is 11.8 Å². The SMILES string of the molecule is COc1cccc(CCNc2cc(C(=O)N3CCN(C(C)=O)CC3)ncn2)c1. The van der Waals surface area contributed by atoms with Gasteiger partial charge in [-0.2, -0.15) is 0 Å². The first-order valence-electron chi connectivity index (χ1n) is 9.30. The maximum absolute atomic E-state index is 12.7. The topological polar surface area (TPSA) is 87.7 Å². The highest BCUT2D eigenvalue weighted by Crippen LogP contribution is 2.14. The van der Waals surface area contributed by atoms with Crippen LogP contribution in [0, 0.1) is 0 Å². The number of nitrogens with zero attached hydrogens (tertiary/aromatic N) is 4. The first kappa shape index (κ1) is 19.6. The molecule has 2 amide bonds. The monoisotopic (exact) mass is 383 g/mol. The van der Waals surface area contributed by atoms with E-state index >= 15 is 0 Å². The minimum atomic E-state index is -0.138. The van der Waals surface area contributed by atoms with Gasteiger partial charge in [0.1, 0.15) is 23.6 Å². The van der Waals surface area contributed by atoms with Crippen LogP contribution < -0.4 is 10.1 Å². The predicted octanol–water partition coefficient (Wildman–Crippen LogP) is 1.44. The van der Waals surface area contributed by atoms with Gasteiger partial charge in [-0.3, -0.25) is 9.59 Å². The van der Waals surface area contributed by atoms with Crippen LogP contribution in [0.4, 0.5) is 5.82 Å². The Morgan fingerprint density at radius 1 is 1.11 bits per heavy atom. The van der Waals surface area contributed by atoms with Crippen molar-refractivity contribution >= 4 is 17.6 Å². The average Bonchev–Trinajstić information content (AvgIpc) is 2.73. The van der Waals surface area contributed by atoms with Gasteiger partial charge in [0.25, 0.3) is 5.91 Å². The van der Waals surface area contributed by atoms with Crippen molar-refractivity contribution < 1.29 is 14.3 Å². The fourth-order valence-electron chi connectivity index (χ4n) is 3.12. The van der Waals surface area contributed by atoms with Crippen LogP contribution in [0.1, 0.15) is 23.0 Å². The van der Waals surface area contributed by atoms with Gasteiger partial charge in [-0.15, -0.1) is 0 Å². The number of aromatic nitrogens is 2. The third-order valence-electron chi connectivity index (χ3n) is 4.75. The van der Waals surface area contributed by atoms with Crippen LogP contribution in [0.25, 0.3) is 0 Å². The Balaban J connectivity index is 1.55. The number of benzene rings is 1. The van der Waals surface area contributed by atoms with Crippen molar-refractivity contribution in [1.29, 1.82) is 0 Å². The summed E-state index contributed by atoms with van der Waals surface area (Å²) < 4.78 is 5.23. The van der Waals surface area contributed by atoms with Crippen molar-refractivity contribution in [1.82, 2.24) is 19.8 Å². The Labute approximate surface area is 164 Å². The lowest BCUT2D eigenvalue weighted by atomic mass is 10.1. The van der Waals surface area contributed by atoms with Crippen LogP contribution in [0.2, 0.25) is 0 Å². The number of methoxy groups -OCH3 is 1. The van der Waals surface area contributed by atoms with E-state index in [1.54, 1.807) is 29.9 Å². The smallest absolute Gasteiger partial charge is 0.272 e. The van der Waals surface area contributed by atoms with Gasteiger partial charge in [-0.05, 0) is 24.1 Å². The van der Waals surface area contributed by atoms with Crippen LogP contribution >= 0.6 is 0 Å². The molecule has 1 aromatic heterocycles. The molecule has 1 saturated heterocycles. The first-order valence-corrected chi connectivity index (χ1v) is 9.30. The van der Waals surface area contributed by atoms with E-state index in [2.05, 4.69) is 15.3 Å². The summed E-state index contributed by atoms with van der Waals surface area (Å²) in [7, 11) is 1.65. The number of hydrogen-bond donors (Lipinski definition) is 1. The molecule has 0 atom stereocenters. The zero-order valence-corrected chi connectivity index (χ0v) is 16.2. The molecule has 8 heteroatoms. The van der Waals surface area contributed by atoms with Crippen molar-refractivity contribution in [2.75, 3.05) is 45.2 Å². The fourth-order valence-corrected chi connectivity index (χ4v) is 3.12. The largest absolute Gasteiger partial charge is 0.497 e. The third-order valence-corrected chi connectivity index (χ3v) is 4.75. The van der Waals surface area contributed by atoms with Crippen molar-refractivity contribution in [2.45, 2.75) is 13.3 Å². The zero-order valence-electron chi connectivity index (χ0n) is 16.2. The maximum atomic E-state index is 12.7. The highest BCUT2D eigenvalue weighted by atomic mass is 16.5. The number of rotatable bonds is 6. The molecule has 28 heavy (non-hydrogen) atoms. The molecule has 0 bridgehead atoms. The van der Waals surface area contributed by atoms with Crippen molar-refractivity contribution in [3.05, 3.63) is 47.9 Å². The molecule has 1 N–H and O–H groups in total. The molecule has 2 heterocycles. The molecule has 0 aliphatic carbocycles. The second-order valence-electron chi connectivity index (χ2n) is 6.62. The molecule has 1 fully saturated rings. The highest BCUT2D eigenvalue weighted by Gasteiger charge is 2.24. The summed E-state index contributed by atoms with van der Waals surface area (Å²) in [5.41, 5.74) is 1.51. The standard InChI is InChI=1S/C20H25N5O3/c1-15(26)24-8-10-25(11-9-24)20(27)18-13-19(23-14-22-18)21-7-6-16-4-3-5-17(12-16)28-2/h3-5,12-14H,6-11H2,1-2H3,(H,21,22,23). The van der Waals surface area contributed by atoms with Crippen molar-refractivity contribution in [3.63, 3.8) is 0 Å². The summed E-state index contributed by atoms with van der Waals surface area (Å²) in [4.78, 5) is 35.9. The lowest BCUT2D eigenvalue weighted by molar-refractivity contribution is -0.130. The molecule has 2 aromatic rings. The normalized spacial score (nSPS) is 13.9. The van der Waals surface area contributed by atoms with Gasteiger partial charge in [0.05, 0.1) is 7.11 Å². The predicted molar refractivity (Wildman–Crippen MR) is 105 cm³/mol. The number of piperazine rings is 1. The van der Waals surface area contributed by atoms with E-state index in [4.69, 9.17) is 4.74 Å². The Bertz CT molecular complexity index is 834. The summed E-state index contributed by atoms with van der Waals surface area (Å²) in [6.07, 6.45) is 2.20. The van der Waals surface area contributed by atoms with Crippen LogP contribution in [0.15, 0.2) is 36.7 Å². The first-order chi connectivity index (χ1) is 13.6. The molecule has 0 unspecified atom stereocenters. The zero-order chi connectivity index (χ0) is 19.9. The summed E-state index contributed by atoms with van der Waals surface area (Å²) in [5, 5.41) is 3.24. The van der Waals surface area contributed by atoms with E-state index in [0.717, 1.165) is 17.7 Å². The quantitative estimate of drug-likeness (QED) is 0.812. The van der Waals surface area contributed by atoms with Crippen LogP contribution in [0.5, 0.6) is 5.75 Å². The maximum Gasteiger partial charge on any atom is 0.272 e. The number of nitrogens with one attached hydrogen (secondary N) is 1. The van der Waals surface area contributed by atoms with E-state index in [1.165, 1.54) is 6.33 Å². The molecule has 1 aliphatic heterocycles. The molecular weight excluding hydrogens is 358 g/mol. The summed E-state index contributed by atoms with van der Waals surface area (Å²) in [6, 6.07) is 9.58. The van der Waals surface area contributed by atoms with Gasteiger partial charge in [-0.1, -0.05) is 12.1 Å². The minimum absolute atomic E-state index is 0.0386. The lowest BCUT2D eigenvalue weighted by Gasteiger charge is -2.34. The Kier molecular flexibility index (Phi) is 6.41. The number of ether oxygens (including phenoxy) is 1.